The first-order valence-electron chi connectivity index (χ1n) is 4.36. The SMILES string of the molecule is O=C[C@H](C[C@@H]1CCNC1=O)NC(=O)O. The number of carboxylic acid groups (broad SMARTS) is 1. The summed E-state index contributed by atoms with van der Waals surface area (Å²) in [4.78, 5) is 31.8. The van der Waals surface area contributed by atoms with E-state index in [2.05, 4.69) is 5.32 Å². The van der Waals surface area contributed by atoms with Gasteiger partial charge in [0, 0.05) is 12.5 Å². The molecule has 0 spiro atoms. The van der Waals surface area contributed by atoms with Gasteiger partial charge in [0.05, 0.1) is 6.04 Å². The van der Waals surface area contributed by atoms with Crippen LogP contribution in [0.25, 0.3) is 0 Å². The Bertz CT molecular complexity index is 254. The Hall–Kier alpha value is -1.59. The quantitative estimate of drug-likeness (QED) is 0.525. The van der Waals surface area contributed by atoms with Gasteiger partial charge in [-0.3, -0.25) is 4.79 Å². The molecule has 1 aliphatic heterocycles. The Morgan fingerprint density at radius 1 is 1.79 bits per heavy atom. The molecule has 14 heavy (non-hydrogen) atoms. The van der Waals surface area contributed by atoms with Crippen LogP contribution in [-0.4, -0.2) is 36.0 Å². The number of rotatable bonds is 4. The molecule has 0 aromatic heterocycles. The molecule has 0 aromatic carbocycles. The van der Waals surface area contributed by atoms with Crippen LogP contribution >= 0.6 is 0 Å². The van der Waals surface area contributed by atoms with Crippen LogP contribution in [0.5, 0.6) is 0 Å². The van der Waals surface area contributed by atoms with Gasteiger partial charge in [-0.05, 0) is 12.8 Å². The summed E-state index contributed by atoms with van der Waals surface area (Å²) in [6.07, 6.45) is 0.159. The topological polar surface area (TPSA) is 95.5 Å². The van der Waals surface area contributed by atoms with Gasteiger partial charge in [-0.15, -0.1) is 0 Å². The third-order valence-electron chi connectivity index (χ3n) is 2.17. The molecule has 1 aliphatic rings. The van der Waals surface area contributed by atoms with Crippen LogP contribution < -0.4 is 10.6 Å². The zero-order valence-electron chi connectivity index (χ0n) is 7.53. The zero-order valence-corrected chi connectivity index (χ0v) is 7.53. The number of carbonyl (C=O) groups is 3. The Morgan fingerprint density at radius 2 is 2.50 bits per heavy atom. The minimum absolute atomic E-state index is 0.107. The van der Waals surface area contributed by atoms with Gasteiger partial charge in [0.2, 0.25) is 5.91 Å². The van der Waals surface area contributed by atoms with Gasteiger partial charge in [-0.25, -0.2) is 4.79 Å². The minimum atomic E-state index is -1.25. The summed E-state index contributed by atoms with van der Waals surface area (Å²) >= 11 is 0. The first-order valence-corrected chi connectivity index (χ1v) is 4.36. The van der Waals surface area contributed by atoms with Gasteiger partial charge in [0.25, 0.3) is 0 Å². The van der Waals surface area contributed by atoms with Crippen molar-refractivity contribution in [2.45, 2.75) is 18.9 Å². The van der Waals surface area contributed by atoms with E-state index < -0.39 is 12.1 Å². The summed E-state index contributed by atoms with van der Waals surface area (Å²) in [5.41, 5.74) is 0. The molecule has 0 aliphatic carbocycles. The van der Waals surface area contributed by atoms with E-state index in [1.54, 1.807) is 0 Å². The van der Waals surface area contributed by atoms with E-state index in [1.165, 1.54) is 0 Å². The fourth-order valence-corrected chi connectivity index (χ4v) is 1.48. The molecule has 2 amide bonds. The van der Waals surface area contributed by atoms with Crippen molar-refractivity contribution < 1.29 is 19.5 Å². The van der Waals surface area contributed by atoms with Crippen LogP contribution in [-0.2, 0) is 9.59 Å². The molecule has 0 bridgehead atoms. The molecule has 1 heterocycles. The van der Waals surface area contributed by atoms with Gasteiger partial charge in [-0.2, -0.15) is 0 Å². The van der Waals surface area contributed by atoms with E-state index in [0.29, 0.717) is 19.3 Å². The monoisotopic (exact) mass is 200 g/mol. The summed E-state index contributed by atoms with van der Waals surface area (Å²) in [5.74, 6) is -0.360. The third kappa shape index (κ3) is 2.72. The van der Waals surface area contributed by atoms with Crippen LogP contribution in [0.3, 0.4) is 0 Å². The molecule has 3 N–H and O–H groups in total. The lowest BCUT2D eigenvalue weighted by Gasteiger charge is -2.12. The highest BCUT2D eigenvalue weighted by Crippen LogP contribution is 2.15. The van der Waals surface area contributed by atoms with Crippen LogP contribution in [0.15, 0.2) is 0 Å². The average Bonchev–Trinajstić information content (AvgIpc) is 2.50. The number of carbonyl (C=O) groups excluding carboxylic acids is 2. The van der Waals surface area contributed by atoms with E-state index in [-0.39, 0.29) is 18.2 Å². The van der Waals surface area contributed by atoms with Crippen LogP contribution in [0.4, 0.5) is 4.79 Å². The normalized spacial score (nSPS) is 22.6. The summed E-state index contributed by atoms with van der Waals surface area (Å²) in [7, 11) is 0. The second-order valence-corrected chi connectivity index (χ2v) is 3.20. The van der Waals surface area contributed by atoms with Crippen molar-refractivity contribution in [1.82, 2.24) is 10.6 Å². The predicted octanol–water partition coefficient (Wildman–Crippen LogP) is -0.652. The maximum absolute atomic E-state index is 11.1. The Kier molecular flexibility index (Phi) is 3.44. The number of hydrogen-bond acceptors (Lipinski definition) is 3. The molecule has 1 saturated heterocycles. The molecule has 6 heteroatoms. The minimum Gasteiger partial charge on any atom is -0.465 e. The maximum atomic E-state index is 11.1. The van der Waals surface area contributed by atoms with Gasteiger partial charge in [-0.1, -0.05) is 0 Å². The highest BCUT2D eigenvalue weighted by Gasteiger charge is 2.27. The van der Waals surface area contributed by atoms with Crippen LogP contribution in [0.2, 0.25) is 0 Å². The molecule has 78 valence electrons. The molecule has 1 rings (SSSR count). The van der Waals surface area contributed by atoms with E-state index in [9.17, 15) is 14.4 Å². The molecule has 6 nitrogen and oxygen atoms in total. The predicted molar refractivity (Wildman–Crippen MR) is 46.7 cm³/mol. The second-order valence-electron chi connectivity index (χ2n) is 3.20. The first kappa shape index (κ1) is 10.5. The van der Waals surface area contributed by atoms with Crippen molar-refractivity contribution in [3.63, 3.8) is 0 Å². The van der Waals surface area contributed by atoms with Crippen molar-refractivity contribution in [3.8, 4) is 0 Å². The van der Waals surface area contributed by atoms with E-state index in [0.717, 1.165) is 0 Å². The summed E-state index contributed by atoms with van der Waals surface area (Å²) < 4.78 is 0. The van der Waals surface area contributed by atoms with Gasteiger partial charge in [0.15, 0.2) is 0 Å². The second kappa shape index (κ2) is 4.59. The molecule has 2 atom stereocenters. The Labute approximate surface area is 80.7 Å². The molecule has 0 radical (unpaired) electrons. The number of aldehydes is 1. The molecule has 0 aromatic rings. The third-order valence-corrected chi connectivity index (χ3v) is 2.17. The number of amides is 2. The van der Waals surface area contributed by atoms with Crippen molar-refractivity contribution in [2.24, 2.45) is 5.92 Å². The largest absolute Gasteiger partial charge is 0.465 e. The maximum Gasteiger partial charge on any atom is 0.405 e. The lowest BCUT2D eigenvalue weighted by Crippen LogP contribution is -2.37. The van der Waals surface area contributed by atoms with E-state index >= 15 is 0 Å². The summed E-state index contributed by atoms with van der Waals surface area (Å²) in [5, 5.41) is 13.1. The standard InChI is InChI=1S/C8H12N2O4/c11-4-6(10-8(13)14)3-5-1-2-9-7(5)12/h4-6,10H,1-3H2,(H,9,12)(H,13,14)/t5-,6-/m0/s1. The van der Waals surface area contributed by atoms with Crippen LogP contribution in [0, 0.1) is 5.92 Å². The van der Waals surface area contributed by atoms with Gasteiger partial charge >= 0.3 is 6.09 Å². The molecular formula is C8H12N2O4. The smallest absolute Gasteiger partial charge is 0.405 e. The highest BCUT2D eigenvalue weighted by molar-refractivity contribution is 5.81. The fourth-order valence-electron chi connectivity index (χ4n) is 1.48. The Balaban J connectivity index is 2.43. The van der Waals surface area contributed by atoms with Crippen molar-refractivity contribution >= 4 is 18.3 Å². The summed E-state index contributed by atoms with van der Waals surface area (Å²) in [6, 6.07) is -0.790. The van der Waals surface area contributed by atoms with Crippen molar-refractivity contribution in [2.75, 3.05) is 6.54 Å². The number of nitrogens with one attached hydrogen (secondary N) is 2. The van der Waals surface area contributed by atoms with Crippen LogP contribution in [0.1, 0.15) is 12.8 Å². The van der Waals surface area contributed by atoms with Crippen molar-refractivity contribution in [3.05, 3.63) is 0 Å². The lowest BCUT2D eigenvalue weighted by molar-refractivity contribution is -0.122. The fraction of sp³-hybridized carbons (Fsp3) is 0.625. The average molecular weight is 200 g/mol. The first-order chi connectivity index (χ1) is 6.63. The van der Waals surface area contributed by atoms with E-state index in [4.69, 9.17) is 5.11 Å². The molecular weight excluding hydrogens is 188 g/mol. The zero-order chi connectivity index (χ0) is 10.6. The molecule has 0 unspecified atom stereocenters. The summed E-state index contributed by atoms with van der Waals surface area (Å²) in [6.45, 7) is 0.599. The molecule has 0 saturated carbocycles. The molecule has 1 fully saturated rings. The van der Waals surface area contributed by atoms with Gasteiger partial charge in [0.1, 0.15) is 6.29 Å². The Morgan fingerprint density at radius 3 is 2.93 bits per heavy atom. The van der Waals surface area contributed by atoms with Crippen molar-refractivity contribution in [1.29, 1.82) is 0 Å². The van der Waals surface area contributed by atoms with Gasteiger partial charge < -0.3 is 20.5 Å². The highest BCUT2D eigenvalue weighted by atomic mass is 16.4. The lowest BCUT2D eigenvalue weighted by atomic mass is 9.99. The van der Waals surface area contributed by atoms with E-state index in [1.807, 2.05) is 5.32 Å². The number of hydrogen-bond donors (Lipinski definition) is 3.